The van der Waals surface area contributed by atoms with Crippen molar-refractivity contribution < 1.29 is 9.59 Å². The summed E-state index contributed by atoms with van der Waals surface area (Å²) in [4.78, 5) is 27.6. The van der Waals surface area contributed by atoms with Crippen molar-refractivity contribution in [1.29, 1.82) is 5.26 Å². The number of rotatable bonds is 2. The molecule has 0 aliphatic carbocycles. The van der Waals surface area contributed by atoms with Crippen LogP contribution in [0.3, 0.4) is 0 Å². The van der Waals surface area contributed by atoms with E-state index in [-0.39, 0.29) is 24.4 Å². The van der Waals surface area contributed by atoms with Gasteiger partial charge < -0.3 is 10.2 Å². The van der Waals surface area contributed by atoms with Gasteiger partial charge in [0.05, 0.1) is 12.0 Å². The summed E-state index contributed by atoms with van der Waals surface area (Å²) in [5.41, 5.74) is -0.723. The molecule has 2 fully saturated rings. The van der Waals surface area contributed by atoms with Gasteiger partial charge in [0.1, 0.15) is 5.54 Å². The first-order chi connectivity index (χ1) is 8.48. The molecule has 2 aliphatic rings. The molecule has 98 valence electrons. The molecule has 1 spiro atoms. The molecule has 1 N–H and O–H groups in total. The largest absolute Gasteiger partial charge is 0.325 e. The van der Waals surface area contributed by atoms with Crippen molar-refractivity contribution >= 4 is 11.9 Å². The lowest BCUT2D eigenvalue weighted by molar-refractivity contribution is -0.133. The van der Waals surface area contributed by atoms with Gasteiger partial charge in [-0.1, -0.05) is 0 Å². The van der Waals surface area contributed by atoms with E-state index in [4.69, 9.17) is 5.26 Å². The Bertz CT molecular complexity index is 407. The zero-order valence-corrected chi connectivity index (χ0v) is 10.8. The van der Waals surface area contributed by atoms with Crippen molar-refractivity contribution in [3.63, 3.8) is 0 Å². The average Bonchev–Trinajstić information content (AvgIpc) is 2.58. The van der Waals surface area contributed by atoms with E-state index in [2.05, 4.69) is 10.2 Å². The van der Waals surface area contributed by atoms with Crippen molar-refractivity contribution in [3.05, 3.63) is 0 Å². The van der Waals surface area contributed by atoms with Crippen LogP contribution in [-0.2, 0) is 4.79 Å². The van der Waals surface area contributed by atoms with Crippen LogP contribution in [0.2, 0.25) is 0 Å². The fourth-order valence-electron chi connectivity index (χ4n) is 2.50. The first kappa shape index (κ1) is 12.8. The molecule has 18 heavy (non-hydrogen) atoms. The number of urea groups is 1. The summed E-state index contributed by atoms with van der Waals surface area (Å²) in [5.74, 6) is -0.496. The number of amides is 3. The van der Waals surface area contributed by atoms with Gasteiger partial charge in [-0.05, 0) is 26.8 Å². The summed E-state index contributed by atoms with van der Waals surface area (Å²) in [6.45, 7) is 3.49. The van der Waals surface area contributed by atoms with Gasteiger partial charge in [0.15, 0.2) is 0 Å². The number of hydrogen-bond donors (Lipinski definition) is 1. The maximum atomic E-state index is 12.4. The van der Waals surface area contributed by atoms with Gasteiger partial charge in [-0.3, -0.25) is 9.69 Å². The summed E-state index contributed by atoms with van der Waals surface area (Å²) in [7, 11) is 2.00. The molecule has 2 aliphatic heterocycles. The van der Waals surface area contributed by atoms with Crippen LogP contribution in [0.4, 0.5) is 4.79 Å². The Hall–Kier alpha value is -1.61. The predicted molar refractivity (Wildman–Crippen MR) is 64.5 cm³/mol. The Morgan fingerprint density at radius 2 is 2.06 bits per heavy atom. The molecular formula is C12H18N4O2. The molecule has 0 aromatic carbocycles. The Morgan fingerprint density at radius 1 is 1.44 bits per heavy atom. The van der Waals surface area contributed by atoms with E-state index < -0.39 is 5.54 Å². The minimum atomic E-state index is -0.723. The molecule has 2 heterocycles. The number of nitriles is 1. The summed E-state index contributed by atoms with van der Waals surface area (Å²) in [6.07, 6.45) is 1.29. The third-order valence-corrected chi connectivity index (χ3v) is 3.76. The highest BCUT2D eigenvalue weighted by Gasteiger charge is 2.52. The first-order valence-electron chi connectivity index (χ1n) is 6.21. The fourth-order valence-corrected chi connectivity index (χ4v) is 2.50. The van der Waals surface area contributed by atoms with Crippen LogP contribution < -0.4 is 5.32 Å². The lowest BCUT2D eigenvalue weighted by Crippen LogP contribution is -2.54. The molecule has 0 radical (unpaired) electrons. The van der Waals surface area contributed by atoms with Crippen LogP contribution in [-0.4, -0.2) is 54.0 Å². The van der Waals surface area contributed by atoms with Gasteiger partial charge in [0.2, 0.25) is 0 Å². The van der Waals surface area contributed by atoms with E-state index in [1.165, 1.54) is 4.90 Å². The minimum Gasteiger partial charge on any atom is -0.323 e. The average molecular weight is 250 g/mol. The van der Waals surface area contributed by atoms with Gasteiger partial charge >= 0.3 is 6.03 Å². The number of imide groups is 1. The molecule has 0 bridgehead atoms. The van der Waals surface area contributed by atoms with E-state index in [9.17, 15) is 9.59 Å². The number of carbonyl (C=O) groups excluding carboxylic acids is 2. The number of piperidine rings is 1. The summed E-state index contributed by atoms with van der Waals surface area (Å²) in [5, 5.41) is 11.6. The summed E-state index contributed by atoms with van der Waals surface area (Å²) >= 11 is 0. The van der Waals surface area contributed by atoms with Crippen LogP contribution in [0.5, 0.6) is 0 Å². The van der Waals surface area contributed by atoms with E-state index >= 15 is 0 Å². The van der Waals surface area contributed by atoms with E-state index in [1.807, 2.05) is 13.1 Å². The molecule has 1 unspecified atom stereocenters. The molecule has 6 heteroatoms. The Balaban J connectivity index is 2.12. The molecule has 1 atom stereocenters. The van der Waals surface area contributed by atoms with Gasteiger partial charge in [-0.25, -0.2) is 4.79 Å². The third kappa shape index (κ3) is 2.06. The predicted octanol–water partition coefficient (Wildman–Crippen LogP) is 0.162. The number of carbonyl (C=O) groups is 2. The standard InChI is InChI=1S/C12H18N4O2/c1-9(7-13)8-16-10(17)12(14-11(16)18)3-5-15(2)6-4-12/h9H,3-6,8H2,1-2H3,(H,14,18). The van der Waals surface area contributed by atoms with E-state index in [0.29, 0.717) is 12.8 Å². The highest BCUT2D eigenvalue weighted by Crippen LogP contribution is 2.29. The number of hydrogen-bond acceptors (Lipinski definition) is 4. The second kappa shape index (κ2) is 4.58. The zero-order chi connectivity index (χ0) is 13.3. The van der Waals surface area contributed by atoms with Crippen molar-refractivity contribution in [1.82, 2.24) is 15.1 Å². The van der Waals surface area contributed by atoms with Crippen LogP contribution in [0.15, 0.2) is 0 Å². The number of nitrogens with one attached hydrogen (secondary N) is 1. The van der Waals surface area contributed by atoms with Crippen molar-refractivity contribution in [3.8, 4) is 6.07 Å². The topological polar surface area (TPSA) is 76.4 Å². The SMILES string of the molecule is CC(C#N)CN1C(=O)NC2(CCN(C)CC2)C1=O. The molecule has 0 saturated carbocycles. The smallest absolute Gasteiger partial charge is 0.323 e. The molecule has 0 aromatic rings. The Kier molecular flexibility index (Phi) is 3.26. The van der Waals surface area contributed by atoms with Crippen LogP contribution in [0.1, 0.15) is 19.8 Å². The monoisotopic (exact) mass is 250 g/mol. The molecule has 2 rings (SSSR count). The maximum absolute atomic E-state index is 12.4. The van der Waals surface area contributed by atoms with Gasteiger partial charge in [0, 0.05) is 19.6 Å². The maximum Gasteiger partial charge on any atom is 0.325 e. The highest BCUT2D eigenvalue weighted by molar-refractivity contribution is 6.07. The third-order valence-electron chi connectivity index (χ3n) is 3.76. The Labute approximate surface area is 107 Å². The Morgan fingerprint density at radius 3 is 2.61 bits per heavy atom. The molecule has 2 saturated heterocycles. The summed E-state index contributed by atoms with van der Waals surface area (Å²) in [6, 6.07) is 1.69. The van der Waals surface area contributed by atoms with E-state index in [0.717, 1.165) is 13.1 Å². The molecule has 3 amide bonds. The van der Waals surface area contributed by atoms with Gasteiger partial charge in [0.25, 0.3) is 5.91 Å². The fraction of sp³-hybridized carbons (Fsp3) is 0.750. The summed E-state index contributed by atoms with van der Waals surface area (Å²) < 4.78 is 0. The van der Waals surface area contributed by atoms with Gasteiger partial charge in [-0.2, -0.15) is 5.26 Å². The molecular weight excluding hydrogens is 232 g/mol. The highest BCUT2D eigenvalue weighted by atomic mass is 16.2. The number of nitrogens with zero attached hydrogens (tertiary/aromatic N) is 3. The molecule has 0 aromatic heterocycles. The second-order valence-electron chi connectivity index (χ2n) is 5.26. The van der Waals surface area contributed by atoms with Gasteiger partial charge in [-0.15, -0.1) is 0 Å². The van der Waals surface area contributed by atoms with Crippen molar-refractivity contribution in [2.75, 3.05) is 26.7 Å². The lowest BCUT2D eigenvalue weighted by atomic mass is 9.87. The van der Waals surface area contributed by atoms with Crippen LogP contribution >= 0.6 is 0 Å². The van der Waals surface area contributed by atoms with Crippen molar-refractivity contribution in [2.45, 2.75) is 25.3 Å². The molecule has 6 nitrogen and oxygen atoms in total. The normalized spacial score (nSPS) is 25.1. The van der Waals surface area contributed by atoms with Crippen molar-refractivity contribution in [2.24, 2.45) is 5.92 Å². The quantitative estimate of drug-likeness (QED) is 0.708. The second-order valence-corrected chi connectivity index (χ2v) is 5.26. The van der Waals surface area contributed by atoms with Crippen LogP contribution in [0.25, 0.3) is 0 Å². The minimum absolute atomic E-state index is 0.164. The van der Waals surface area contributed by atoms with Crippen LogP contribution in [0, 0.1) is 17.2 Å². The zero-order valence-electron chi connectivity index (χ0n) is 10.8. The van der Waals surface area contributed by atoms with E-state index in [1.54, 1.807) is 6.92 Å². The first-order valence-corrected chi connectivity index (χ1v) is 6.21. The number of likely N-dealkylation sites (tertiary alicyclic amines) is 1. The lowest BCUT2D eigenvalue weighted by Gasteiger charge is -2.35.